The standard InChI is InChI=1S/C27H50O6/c1-5-9-12-15-18-21-24(28)31-27(8-4,32-25(29)22-19-16-13-10-6-2)33-26(30)23-20-17-14-11-7-3/h5-23H2,1-4H3. The summed E-state index contributed by atoms with van der Waals surface area (Å²) >= 11 is 0. The Kier molecular flexibility index (Phi) is 20.0. The predicted octanol–water partition coefficient (Wildman–Crippen LogP) is 7.76. The maximum Gasteiger partial charge on any atom is 0.423 e. The smallest absolute Gasteiger partial charge is 0.388 e. The largest absolute Gasteiger partial charge is 0.423 e. The average Bonchev–Trinajstić information content (AvgIpc) is 2.78. The van der Waals surface area contributed by atoms with Gasteiger partial charge in [0, 0.05) is 19.3 Å². The number of carbonyl (C=O) groups is 3. The van der Waals surface area contributed by atoms with Crippen molar-refractivity contribution in [2.75, 3.05) is 0 Å². The Morgan fingerprint density at radius 2 is 0.727 bits per heavy atom. The van der Waals surface area contributed by atoms with Gasteiger partial charge < -0.3 is 14.2 Å². The van der Waals surface area contributed by atoms with Gasteiger partial charge >= 0.3 is 23.9 Å². The molecule has 0 radical (unpaired) electrons. The molecule has 0 fully saturated rings. The molecule has 0 aromatic rings. The number of esters is 3. The highest BCUT2D eigenvalue weighted by atomic mass is 16.9. The number of hydrogen-bond acceptors (Lipinski definition) is 6. The van der Waals surface area contributed by atoms with Crippen LogP contribution in [0.1, 0.15) is 150 Å². The fourth-order valence-electron chi connectivity index (χ4n) is 3.57. The van der Waals surface area contributed by atoms with Crippen LogP contribution < -0.4 is 0 Å². The van der Waals surface area contributed by atoms with E-state index in [9.17, 15) is 14.4 Å². The van der Waals surface area contributed by atoms with E-state index in [1.807, 2.05) is 0 Å². The summed E-state index contributed by atoms with van der Waals surface area (Å²) in [5.41, 5.74) is 0. The Hall–Kier alpha value is -1.59. The van der Waals surface area contributed by atoms with Crippen molar-refractivity contribution in [2.45, 2.75) is 156 Å². The highest BCUT2D eigenvalue weighted by molar-refractivity contribution is 5.73. The monoisotopic (exact) mass is 470 g/mol. The van der Waals surface area contributed by atoms with Crippen LogP contribution in [0.15, 0.2) is 0 Å². The van der Waals surface area contributed by atoms with Crippen LogP contribution in [0.2, 0.25) is 0 Å². The summed E-state index contributed by atoms with van der Waals surface area (Å²) in [5.74, 6) is -3.46. The molecule has 0 amide bonds. The van der Waals surface area contributed by atoms with Crippen LogP contribution >= 0.6 is 0 Å². The van der Waals surface area contributed by atoms with Crippen molar-refractivity contribution in [3.63, 3.8) is 0 Å². The fraction of sp³-hybridized carbons (Fsp3) is 0.889. The maximum absolute atomic E-state index is 12.5. The van der Waals surface area contributed by atoms with E-state index in [4.69, 9.17) is 14.2 Å². The minimum atomic E-state index is -1.96. The quantitative estimate of drug-likeness (QED) is 0.0913. The molecule has 0 N–H and O–H groups in total. The van der Waals surface area contributed by atoms with Crippen LogP contribution in [0.25, 0.3) is 0 Å². The second-order valence-corrected chi connectivity index (χ2v) is 8.95. The van der Waals surface area contributed by atoms with Gasteiger partial charge in [0.2, 0.25) is 0 Å². The molecule has 0 bridgehead atoms. The van der Waals surface area contributed by atoms with E-state index in [2.05, 4.69) is 20.8 Å². The van der Waals surface area contributed by atoms with Crippen LogP contribution in [0.5, 0.6) is 0 Å². The number of unbranched alkanes of at least 4 members (excludes halogenated alkanes) is 12. The Morgan fingerprint density at radius 3 is 0.970 bits per heavy atom. The summed E-state index contributed by atoms with van der Waals surface area (Å²) in [7, 11) is 0. The van der Waals surface area contributed by atoms with Gasteiger partial charge in [0.25, 0.3) is 0 Å². The second-order valence-electron chi connectivity index (χ2n) is 8.95. The summed E-state index contributed by atoms with van der Waals surface area (Å²) < 4.78 is 16.5. The lowest BCUT2D eigenvalue weighted by molar-refractivity contribution is -0.331. The minimum absolute atomic E-state index is 0.0672. The van der Waals surface area contributed by atoms with Gasteiger partial charge in [-0.25, -0.2) is 0 Å². The first-order valence-electron chi connectivity index (χ1n) is 13.6. The molecule has 0 aliphatic carbocycles. The van der Waals surface area contributed by atoms with E-state index >= 15 is 0 Å². The van der Waals surface area contributed by atoms with Gasteiger partial charge in [0.15, 0.2) is 0 Å². The van der Waals surface area contributed by atoms with Gasteiger partial charge in [0.05, 0.1) is 6.42 Å². The highest BCUT2D eigenvalue weighted by Crippen LogP contribution is 2.24. The van der Waals surface area contributed by atoms with Gasteiger partial charge in [-0.15, -0.1) is 0 Å². The zero-order valence-electron chi connectivity index (χ0n) is 21.9. The van der Waals surface area contributed by atoms with Crippen molar-refractivity contribution in [1.82, 2.24) is 0 Å². The molecule has 6 heteroatoms. The SMILES string of the molecule is CCCCCCCC(=O)OC(CC)(OC(=O)CCCCCCC)OC(=O)CCCCCCC. The van der Waals surface area contributed by atoms with Gasteiger partial charge in [-0.05, 0) is 19.3 Å². The molecule has 0 atom stereocenters. The van der Waals surface area contributed by atoms with Crippen LogP contribution in [0.4, 0.5) is 0 Å². The molecule has 0 aromatic heterocycles. The third-order valence-electron chi connectivity index (χ3n) is 5.69. The van der Waals surface area contributed by atoms with Gasteiger partial charge in [-0.1, -0.05) is 105 Å². The van der Waals surface area contributed by atoms with E-state index in [-0.39, 0.29) is 25.7 Å². The summed E-state index contributed by atoms with van der Waals surface area (Å²) in [4.78, 5) is 37.4. The van der Waals surface area contributed by atoms with Gasteiger partial charge in [-0.2, -0.15) is 0 Å². The van der Waals surface area contributed by atoms with E-state index in [0.717, 1.165) is 77.0 Å². The molecule has 33 heavy (non-hydrogen) atoms. The fourth-order valence-corrected chi connectivity index (χ4v) is 3.57. The molecule has 0 unspecified atom stereocenters. The first kappa shape index (κ1) is 31.4. The Bertz CT molecular complexity index is 447. The topological polar surface area (TPSA) is 78.9 Å². The zero-order valence-corrected chi connectivity index (χ0v) is 21.9. The minimum Gasteiger partial charge on any atom is -0.388 e. The summed E-state index contributed by atoms with van der Waals surface area (Å²) in [6, 6.07) is 0. The third-order valence-corrected chi connectivity index (χ3v) is 5.69. The molecule has 0 aromatic carbocycles. The molecular weight excluding hydrogens is 420 g/mol. The second kappa shape index (κ2) is 21.0. The number of ether oxygens (including phenoxy) is 3. The molecule has 6 nitrogen and oxygen atoms in total. The Balaban J connectivity index is 4.88. The Labute approximate surface area is 202 Å². The van der Waals surface area contributed by atoms with E-state index < -0.39 is 23.9 Å². The van der Waals surface area contributed by atoms with E-state index in [1.165, 1.54) is 0 Å². The number of rotatable bonds is 22. The lowest BCUT2D eigenvalue weighted by Gasteiger charge is -2.30. The molecule has 0 aliphatic heterocycles. The molecule has 0 saturated carbocycles. The van der Waals surface area contributed by atoms with Gasteiger partial charge in [0.1, 0.15) is 0 Å². The number of carbonyl (C=O) groups excluding carboxylic acids is 3. The Morgan fingerprint density at radius 1 is 0.455 bits per heavy atom. The molecule has 0 saturated heterocycles. The van der Waals surface area contributed by atoms with Crippen molar-refractivity contribution >= 4 is 17.9 Å². The lowest BCUT2D eigenvalue weighted by Crippen LogP contribution is -2.44. The third kappa shape index (κ3) is 17.5. The first-order valence-corrected chi connectivity index (χ1v) is 13.6. The van der Waals surface area contributed by atoms with Crippen LogP contribution in [0, 0.1) is 0 Å². The zero-order chi connectivity index (χ0) is 24.8. The number of hydrogen-bond donors (Lipinski definition) is 0. The van der Waals surface area contributed by atoms with E-state index in [1.54, 1.807) is 6.92 Å². The molecule has 0 rings (SSSR count). The first-order chi connectivity index (χ1) is 15.9. The van der Waals surface area contributed by atoms with Crippen molar-refractivity contribution in [3.05, 3.63) is 0 Å². The molecule has 194 valence electrons. The van der Waals surface area contributed by atoms with Gasteiger partial charge in [-0.3, -0.25) is 14.4 Å². The summed E-state index contributed by atoms with van der Waals surface area (Å²) in [5, 5.41) is 0. The summed E-state index contributed by atoms with van der Waals surface area (Å²) in [6.45, 7) is 8.11. The van der Waals surface area contributed by atoms with Crippen LogP contribution in [-0.4, -0.2) is 23.9 Å². The molecule has 0 spiro atoms. The van der Waals surface area contributed by atoms with E-state index in [0.29, 0.717) is 19.3 Å². The molecular formula is C27H50O6. The van der Waals surface area contributed by atoms with Crippen molar-refractivity contribution < 1.29 is 28.6 Å². The molecule has 0 heterocycles. The maximum atomic E-state index is 12.5. The van der Waals surface area contributed by atoms with Crippen LogP contribution in [-0.2, 0) is 28.6 Å². The van der Waals surface area contributed by atoms with Crippen molar-refractivity contribution in [2.24, 2.45) is 0 Å². The lowest BCUT2D eigenvalue weighted by atomic mass is 10.1. The van der Waals surface area contributed by atoms with Crippen molar-refractivity contribution in [3.8, 4) is 0 Å². The highest BCUT2D eigenvalue weighted by Gasteiger charge is 2.41. The summed E-state index contributed by atoms with van der Waals surface area (Å²) in [6.07, 6.45) is 15.7. The van der Waals surface area contributed by atoms with Crippen molar-refractivity contribution in [1.29, 1.82) is 0 Å². The average molecular weight is 471 g/mol. The normalized spacial score (nSPS) is 11.3. The van der Waals surface area contributed by atoms with Crippen LogP contribution in [0.3, 0.4) is 0 Å². The predicted molar refractivity (Wildman–Crippen MR) is 131 cm³/mol. The molecule has 0 aliphatic rings.